The number of hydrogen-bond donors (Lipinski definition) is 2. The van der Waals surface area contributed by atoms with Crippen molar-refractivity contribution >= 4 is 34.5 Å². The average Bonchev–Trinajstić information content (AvgIpc) is 3.59. The van der Waals surface area contributed by atoms with Crippen molar-refractivity contribution in [1.82, 2.24) is 20.2 Å². The van der Waals surface area contributed by atoms with Gasteiger partial charge in [0.1, 0.15) is 5.82 Å². The Kier molecular flexibility index (Phi) is 6.62. The molecule has 36 heavy (non-hydrogen) atoms. The van der Waals surface area contributed by atoms with Crippen LogP contribution in [0.1, 0.15) is 57.4 Å². The average molecular weight is 491 g/mol. The number of nitrogens with one attached hydrogen (secondary N) is 2. The molecule has 0 radical (unpaired) electrons. The van der Waals surface area contributed by atoms with Crippen molar-refractivity contribution in [2.45, 2.75) is 57.9 Å². The molecule has 2 aliphatic heterocycles. The molecule has 3 aliphatic rings. The lowest BCUT2D eigenvalue weighted by atomic mass is 9.79. The van der Waals surface area contributed by atoms with Crippen molar-refractivity contribution in [1.29, 1.82) is 0 Å². The maximum atomic E-state index is 12.2. The molecule has 1 saturated carbocycles. The van der Waals surface area contributed by atoms with Gasteiger partial charge in [-0.05, 0) is 61.3 Å². The summed E-state index contributed by atoms with van der Waals surface area (Å²) in [4.78, 5) is 38.4. The van der Waals surface area contributed by atoms with E-state index in [-0.39, 0.29) is 23.3 Å². The third-order valence-corrected chi connectivity index (χ3v) is 7.83. The van der Waals surface area contributed by atoms with Gasteiger partial charge in [0, 0.05) is 56.5 Å². The Hall–Kier alpha value is -3.16. The molecule has 0 unspecified atom stereocenters. The second kappa shape index (κ2) is 9.71. The first-order valence-corrected chi connectivity index (χ1v) is 13.2. The number of rotatable bonds is 9. The van der Waals surface area contributed by atoms with E-state index in [1.54, 1.807) is 7.05 Å². The van der Waals surface area contributed by atoms with Crippen molar-refractivity contribution in [2.24, 2.45) is 11.3 Å². The van der Waals surface area contributed by atoms with E-state index in [2.05, 4.69) is 54.2 Å². The molecule has 2 N–H and O–H groups in total. The van der Waals surface area contributed by atoms with E-state index in [9.17, 15) is 9.59 Å². The summed E-state index contributed by atoms with van der Waals surface area (Å²) in [6, 6.07) is 6.54. The second-order valence-electron chi connectivity index (χ2n) is 11.3. The van der Waals surface area contributed by atoms with Gasteiger partial charge in [0.25, 0.3) is 0 Å². The zero-order valence-corrected chi connectivity index (χ0v) is 21.7. The van der Waals surface area contributed by atoms with Crippen molar-refractivity contribution in [2.75, 3.05) is 43.4 Å². The molecule has 5 rings (SSSR count). The highest BCUT2D eigenvalue weighted by Gasteiger charge is 2.49. The summed E-state index contributed by atoms with van der Waals surface area (Å²) in [5.41, 5.74) is 2.41. The minimum absolute atomic E-state index is 0.00688. The lowest BCUT2D eigenvalue weighted by Gasteiger charge is -2.47. The monoisotopic (exact) mass is 490 g/mol. The number of anilines is 2. The highest BCUT2D eigenvalue weighted by atomic mass is 16.2. The van der Waals surface area contributed by atoms with Gasteiger partial charge in [-0.1, -0.05) is 26.5 Å². The number of carbonyl (C=O) groups excluding carboxylic acids is 2. The summed E-state index contributed by atoms with van der Waals surface area (Å²) >= 11 is 0. The van der Waals surface area contributed by atoms with Crippen molar-refractivity contribution in [3.8, 4) is 0 Å². The van der Waals surface area contributed by atoms with Gasteiger partial charge in [0.15, 0.2) is 0 Å². The molecule has 3 heterocycles. The van der Waals surface area contributed by atoms with E-state index in [1.165, 1.54) is 24.5 Å². The minimum Gasteiger partial charge on any atom is -0.366 e. The van der Waals surface area contributed by atoms with Crippen LogP contribution in [0, 0.1) is 11.3 Å². The van der Waals surface area contributed by atoms with Crippen LogP contribution < -0.4 is 15.5 Å². The fourth-order valence-electron chi connectivity index (χ4n) is 5.75. The van der Waals surface area contributed by atoms with E-state index < -0.39 is 0 Å². The summed E-state index contributed by atoms with van der Waals surface area (Å²) in [6.45, 7) is 11.2. The van der Waals surface area contributed by atoms with E-state index >= 15 is 0 Å². The van der Waals surface area contributed by atoms with Crippen LogP contribution in [0.5, 0.6) is 0 Å². The smallest absolute Gasteiger partial charge is 0.245 e. The number of benzene rings is 1. The number of nitrogens with zero attached hydrogens (tertiary/aromatic N) is 4. The maximum Gasteiger partial charge on any atom is 0.245 e. The van der Waals surface area contributed by atoms with Crippen LogP contribution in [0.4, 0.5) is 11.8 Å². The van der Waals surface area contributed by atoms with Crippen LogP contribution in [0.15, 0.2) is 30.9 Å². The third-order valence-electron chi connectivity index (χ3n) is 7.83. The normalized spacial score (nSPS) is 19.4. The highest BCUT2D eigenvalue weighted by Crippen LogP contribution is 2.43. The molecule has 8 heteroatoms. The van der Waals surface area contributed by atoms with E-state index in [4.69, 9.17) is 9.97 Å². The topological polar surface area (TPSA) is 90.5 Å². The summed E-state index contributed by atoms with van der Waals surface area (Å²) in [5.74, 6) is 2.64. The van der Waals surface area contributed by atoms with E-state index in [0.717, 1.165) is 61.7 Å². The van der Waals surface area contributed by atoms with Gasteiger partial charge in [0.2, 0.25) is 17.8 Å². The molecule has 2 aromatic rings. The fraction of sp³-hybridized carbons (Fsp3) is 0.571. The van der Waals surface area contributed by atoms with E-state index in [0.29, 0.717) is 18.3 Å². The van der Waals surface area contributed by atoms with Gasteiger partial charge in [-0.3, -0.25) is 9.59 Å². The molecule has 0 bridgehead atoms. The van der Waals surface area contributed by atoms with Crippen molar-refractivity contribution < 1.29 is 9.59 Å². The maximum absolute atomic E-state index is 12.2. The predicted molar refractivity (Wildman–Crippen MR) is 143 cm³/mol. The Balaban J connectivity index is 1.44. The number of carbonyl (C=O) groups is 2. The molecule has 1 atom stereocenters. The Morgan fingerprint density at radius 3 is 2.67 bits per heavy atom. The van der Waals surface area contributed by atoms with Gasteiger partial charge in [-0.2, -0.15) is 4.98 Å². The quantitative estimate of drug-likeness (QED) is 0.521. The molecule has 3 fully saturated rings. The lowest BCUT2D eigenvalue weighted by Crippen LogP contribution is -2.59. The zero-order valence-electron chi connectivity index (χ0n) is 21.7. The minimum atomic E-state index is -0.0194. The first-order chi connectivity index (χ1) is 17.3. The van der Waals surface area contributed by atoms with Crippen LogP contribution in [-0.2, 0) is 9.59 Å². The van der Waals surface area contributed by atoms with Crippen LogP contribution >= 0.6 is 0 Å². The van der Waals surface area contributed by atoms with Crippen molar-refractivity contribution in [3.05, 3.63) is 36.4 Å². The standard InChI is InChI=1S/C28H38N6O2/c1-5-25(36)34-16-28(17-34)10-11-33(15-28)27-31-23-13-20(19-6-7-19)8-9-22(23)26(32-27)30-21(12-18(2)3)14-24(35)29-4/h5,8-9,13,18-19,21H,1,6-7,10-12,14-17H2,2-4H3,(H,29,35)(H,30,31,32)/t21-/m0/s1. The Labute approximate surface area is 213 Å². The third kappa shape index (κ3) is 5.04. The molecule has 1 aromatic carbocycles. The Morgan fingerprint density at radius 2 is 2.00 bits per heavy atom. The van der Waals surface area contributed by atoms with Crippen LogP contribution in [-0.4, -0.2) is 66.0 Å². The fourth-order valence-corrected chi connectivity index (χ4v) is 5.75. The summed E-state index contributed by atoms with van der Waals surface area (Å²) in [5, 5.41) is 7.38. The van der Waals surface area contributed by atoms with E-state index in [1.807, 2.05) is 4.90 Å². The number of likely N-dealkylation sites (tertiary alicyclic amines) is 1. The Morgan fingerprint density at radius 1 is 1.22 bits per heavy atom. The molecule has 1 spiro atoms. The summed E-state index contributed by atoms with van der Waals surface area (Å²) in [6.07, 6.45) is 6.17. The zero-order chi connectivity index (χ0) is 25.4. The highest BCUT2D eigenvalue weighted by molar-refractivity contribution is 5.91. The molecular formula is C28H38N6O2. The molecule has 2 amide bonds. The van der Waals surface area contributed by atoms with Crippen molar-refractivity contribution in [3.63, 3.8) is 0 Å². The largest absolute Gasteiger partial charge is 0.366 e. The molecule has 8 nitrogen and oxygen atoms in total. The SMILES string of the molecule is C=CC(=O)N1CC2(CCN(c3nc(N[C@H](CC(=O)NC)CC(C)C)c4ccc(C5CC5)cc4n3)C2)C1. The van der Waals surface area contributed by atoms with Gasteiger partial charge in [-0.25, -0.2) is 4.98 Å². The summed E-state index contributed by atoms with van der Waals surface area (Å²) in [7, 11) is 1.68. The molecule has 2 saturated heterocycles. The number of hydrogen-bond acceptors (Lipinski definition) is 6. The van der Waals surface area contributed by atoms with Gasteiger partial charge < -0.3 is 20.4 Å². The molecule has 1 aliphatic carbocycles. The Bertz CT molecular complexity index is 1170. The molecule has 192 valence electrons. The van der Waals surface area contributed by atoms with Crippen LogP contribution in [0.3, 0.4) is 0 Å². The number of fused-ring (bicyclic) bond motifs is 1. The first kappa shape index (κ1) is 24.5. The summed E-state index contributed by atoms with van der Waals surface area (Å²) < 4.78 is 0. The first-order valence-electron chi connectivity index (χ1n) is 13.2. The second-order valence-corrected chi connectivity index (χ2v) is 11.3. The van der Waals surface area contributed by atoms with Crippen LogP contribution in [0.25, 0.3) is 10.9 Å². The van der Waals surface area contributed by atoms with Gasteiger partial charge in [0.05, 0.1) is 5.52 Å². The predicted octanol–water partition coefficient (Wildman–Crippen LogP) is 3.69. The van der Waals surface area contributed by atoms with Gasteiger partial charge in [-0.15, -0.1) is 0 Å². The lowest BCUT2D eigenvalue weighted by molar-refractivity contribution is -0.136. The molecular weight excluding hydrogens is 452 g/mol. The van der Waals surface area contributed by atoms with Crippen LogP contribution in [0.2, 0.25) is 0 Å². The van der Waals surface area contributed by atoms with Gasteiger partial charge >= 0.3 is 0 Å². The number of aromatic nitrogens is 2. The molecule has 1 aromatic heterocycles. The number of amides is 2.